The summed E-state index contributed by atoms with van der Waals surface area (Å²) in [5.41, 5.74) is 2.73. The van der Waals surface area contributed by atoms with Crippen molar-refractivity contribution in [2.75, 3.05) is 6.61 Å². The van der Waals surface area contributed by atoms with Gasteiger partial charge < -0.3 is 4.74 Å². The van der Waals surface area contributed by atoms with Crippen LogP contribution >= 0.6 is 0 Å². The van der Waals surface area contributed by atoms with Crippen LogP contribution in [0.2, 0.25) is 0 Å². The number of allylic oxidation sites excluding steroid dienone is 1. The van der Waals surface area contributed by atoms with E-state index in [1.807, 2.05) is 66.7 Å². The van der Waals surface area contributed by atoms with Crippen LogP contribution in [-0.2, 0) is 14.3 Å². The van der Waals surface area contributed by atoms with Gasteiger partial charge in [0.05, 0.1) is 6.61 Å². The fourth-order valence-electron chi connectivity index (χ4n) is 3.17. The lowest BCUT2D eigenvalue weighted by atomic mass is 9.76. The first-order chi connectivity index (χ1) is 11.7. The smallest absolute Gasteiger partial charge is 0.321 e. The minimum absolute atomic E-state index is 0.0143. The van der Waals surface area contributed by atoms with Crippen LogP contribution in [0.1, 0.15) is 30.4 Å². The highest BCUT2D eigenvalue weighted by atomic mass is 16.5. The van der Waals surface area contributed by atoms with Crippen molar-refractivity contribution in [1.29, 1.82) is 0 Å². The number of hydrogen-bond acceptors (Lipinski definition) is 3. The predicted octanol–water partition coefficient (Wildman–Crippen LogP) is 4.01. The molecule has 0 aromatic heterocycles. The number of carbonyl (C=O) groups excluding carboxylic acids is 2. The van der Waals surface area contributed by atoms with Gasteiger partial charge in [0.25, 0.3) is 0 Å². The second-order valence-electron chi connectivity index (χ2n) is 5.86. The molecule has 3 rings (SSSR count). The number of benzene rings is 2. The van der Waals surface area contributed by atoms with Gasteiger partial charge in [-0.3, -0.25) is 9.59 Å². The highest BCUT2D eigenvalue weighted by Gasteiger charge is 2.37. The van der Waals surface area contributed by atoms with Crippen LogP contribution in [0.25, 0.3) is 5.57 Å². The van der Waals surface area contributed by atoms with E-state index in [9.17, 15) is 9.59 Å². The Balaban J connectivity index is 2.05. The largest absolute Gasteiger partial charge is 0.465 e. The lowest BCUT2D eigenvalue weighted by Crippen LogP contribution is -2.31. The third-order valence-electron chi connectivity index (χ3n) is 4.29. The summed E-state index contributed by atoms with van der Waals surface area (Å²) in [6.07, 6.45) is 2.37. The molecular formula is C21H20O3. The normalized spacial score (nSPS) is 20.4. The summed E-state index contributed by atoms with van der Waals surface area (Å²) < 4.78 is 5.14. The first kappa shape index (κ1) is 16.2. The molecule has 2 unspecified atom stereocenters. The minimum atomic E-state index is -0.827. The summed E-state index contributed by atoms with van der Waals surface area (Å²) in [6, 6.07) is 19.5. The van der Waals surface area contributed by atoms with E-state index < -0.39 is 11.9 Å². The Morgan fingerprint density at radius 2 is 1.67 bits per heavy atom. The van der Waals surface area contributed by atoms with Crippen LogP contribution in [0.5, 0.6) is 0 Å². The van der Waals surface area contributed by atoms with Gasteiger partial charge in [-0.05, 0) is 23.6 Å². The zero-order valence-electron chi connectivity index (χ0n) is 13.6. The number of Topliss-reactive ketones (excluding diaryl/α,β-unsaturated/α-hetero) is 1. The van der Waals surface area contributed by atoms with E-state index in [1.165, 1.54) is 0 Å². The number of rotatable bonds is 4. The molecule has 0 aliphatic heterocycles. The van der Waals surface area contributed by atoms with Crippen LogP contribution in [0.15, 0.2) is 66.7 Å². The Morgan fingerprint density at radius 3 is 2.29 bits per heavy atom. The number of ether oxygens (including phenoxy) is 1. The van der Waals surface area contributed by atoms with E-state index in [-0.39, 0.29) is 18.3 Å². The molecule has 0 fully saturated rings. The van der Waals surface area contributed by atoms with Gasteiger partial charge in [-0.2, -0.15) is 0 Å². The summed E-state index contributed by atoms with van der Waals surface area (Å²) in [5.74, 6) is -1.38. The molecule has 1 aliphatic carbocycles. The maximum atomic E-state index is 12.7. The quantitative estimate of drug-likeness (QED) is 0.631. The lowest BCUT2D eigenvalue weighted by Gasteiger charge is -2.27. The summed E-state index contributed by atoms with van der Waals surface area (Å²) in [7, 11) is 0. The van der Waals surface area contributed by atoms with E-state index in [2.05, 4.69) is 0 Å². The second kappa shape index (κ2) is 7.26. The molecule has 0 heterocycles. The van der Waals surface area contributed by atoms with Crippen molar-refractivity contribution in [2.24, 2.45) is 5.92 Å². The fourth-order valence-corrected chi connectivity index (χ4v) is 3.17. The molecule has 0 amide bonds. The molecule has 2 aromatic rings. The van der Waals surface area contributed by atoms with E-state index >= 15 is 0 Å². The third-order valence-corrected chi connectivity index (χ3v) is 4.29. The number of esters is 1. The van der Waals surface area contributed by atoms with Crippen LogP contribution in [0.4, 0.5) is 0 Å². The highest BCUT2D eigenvalue weighted by Crippen LogP contribution is 2.38. The Labute approximate surface area is 142 Å². The monoisotopic (exact) mass is 320 g/mol. The molecule has 0 radical (unpaired) electrons. The van der Waals surface area contributed by atoms with Gasteiger partial charge in [0, 0.05) is 12.3 Å². The van der Waals surface area contributed by atoms with E-state index in [1.54, 1.807) is 6.92 Å². The van der Waals surface area contributed by atoms with Crippen molar-refractivity contribution in [3.8, 4) is 0 Å². The Kier molecular flexibility index (Phi) is 4.90. The number of carbonyl (C=O) groups is 2. The van der Waals surface area contributed by atoms with Crippen LogP contribution in [-0.4, -0.2) is 18.4 Å². The van der Waals surface area contributed by atoms with Crippen LogP contribution in [0, 0.1) is 5.92 Å². The Hall–Kier alpha value is -2.68. The number of ketones is 1. The average molecular weight is 320 g/mol. The van der Waals surface area contributed by atoms with Gasteiger partial charge in [0.1, 0.15) is 5.92 Å². The fraction of sp³-hybridized carbons (Fsp3) is 0.238. The highest BCUT2D eigenvalue weighted by molar-refractivity contribution is 6.11. The van der Waals surface area contributed by atoms with Crippen LogP contribution in [0.3, 0.4) is 0 Å². The Morgan fingerprint density at radius 1 is 1.04 bits per heavy atom. The zero-order chi connectivity index (χ0) is 16.9. The maximum absolute atomic E-state index is 12.7. The summed E-state index contributed by atoms with van der Waals surface area (Å²) in [6.45, 7) is 2.02. The average Bonchev–Trinajstić information content (AvgIpc) is 2.62. The topological polar surface area (TPSA) is 43.4 Å². The van der Waals surface area contributed by atoms with Gasteiger partial charge in [-0.1, -0.05) is 66.7 Å². The second-order valence-corrected chi connectivity index (χ2v) is 5.86. The molecule has 2 aromatic carbocycles. The van der Waals surface area contributed by atoms with Gasteiger partial charge in [-0.15, -0.1) is 0 Å². The lowest BCUT2D eigenvalue weighted by molar-refractivity contribution is -0.149. The van der Waals surface area contributed by atoms with E-state index in [0.717, 1.165) is 16.7 Å². The van der Waals surface area contributed by atoms with E-state index in [4.69, 9.17) is 4.74 Å². The van der Waals surface area contributed by atoms with Crippen LogP contribution < -0.4 is 0 Å². The summed E-state index contributed by atoms with van der Waals surface area (Å²) >= 11 is 0. The molecule has 1 aliphatic rings. The third kappa shape index (κ3) is 3.30. The molecule has 0 spiro atoms. The van der Waals surface area contributed by atoms with Crippen molar-refractivity contribution in [2.45, 2.75) is 19.3 Å². The van der Waals surface area contributed by atoms with Crippen molar-refractivity contribution in [3.63, 3.8) is 0 Å². The predicted molar refractivity (Wildman–Crippen MR) is 93.3 cm³/mol. The van der Waals surface area contributed by atoms with Crippen molar-refractivity contribution in [3.05, 3.63) is 77.9 Å². The minimum Gasteiger partial charge on any atom is -0.465 e. The standard InChI is InChI=1S/C21H20O3/c1-2-24-21(23)20-18(16-11-7-4-8-12-16)13-17(14-19(20)22)15-9-5-3-6-10-15/h3-13,17,20H,2,14H2,1H3. The molecule has 0 saturated carbocycles. The molecule has 2 atom stereocenters. The first-order valence-electron chi connectivity index (χ1n) is 8.22. The molecule has 0 saturated heterocycles. The molecule has 122 valence electrons. The van der Waals surface area contributed by atoms with Crippen molar-refractivity contribution < 1.29 is 14.3 Å². The van der Waals surface area contributed by atoms with Crippen molar-refractivity contribution >= 4 is 17.3 Å². The zero-order valence-corrected chi connectivity index (χ0v) is 13.6. The van der Waals surface area contributed by atoms with E-state index in [0.29, 0.717) is 6.42 Å². The molecule has 0 N–H and O–H groups in total. The molecule has 24 heavy (non-hydrogen) atoms. The first-order valence-corrected chi connectivity index (χ1v) is 8.22. The molecule has 0 bridgehead atoms. The van der Waals surface area contributed by atoms with Gasteiger partial charge in [0.2, 0.25) is 0 Å². The Bertz CT molecular complexity index is 747. The van der Waals surface area contributed by atoms with Crippen molar-refractivity contribution in [1.82, 2.24) is 0 Å². The maximum Gasteiger partial charge on any atom is 0.321 e. The summed E-state index contributed by atoms with van der Waals surface area (Å²) in [5, 5.41) is 0. The molecule has 3 nitrogen and oxygen atoms in total. The molecular weight excluding hydrogens is 300 g/mol. The van der Waals surface area contributed by atoms with Gasteiger partial charge in [0.15, 0.2) is 5.78 Å². The SMILES string of the molecule is CCOC(=O)C1C(=O)CC(c2ccccc2)C=C1c1ccccc1. The van der Waals surface area contributed by atoms with Gasteiger partial charge >= 0.3 is 5.97 Å². The van der Waals surface area contributed by atoms with Gasteiger partial charge in [-0.25, -0.2) is 0 Å². The number of hydrogen-bond donors (Lipinski definition) is 0. The summed E-state index contributed by atoms with van der Waals surface area (Å²) in [4.78, 5) is 25.1. The molecule has 3 heteroatoms.